The van der Waals surface area contributed by atoms with Crippen molar-refractivity contribution in [2.45, 2.75) is 25.8 Å². The van der Waals surface area contributed by atoms with Crippen molar-refractivity contribution in [1.82, 2.24) is 4.90 Å². The fraction of sp³-hybridized carbons (Fsp3) is 0.360. The molecule has 0 bridgehead atoms. The van der Waals surface area contributed by atoms with Crippen LogP contribution >= 0.6 is 0 Å². The van der Waals surface area contributed by atoms with E-state index in [-0.39, 0.29) is 11.3 Å². The standard InChI is InChI=1S/C25H29NO6/c1-4-14-32-20-8-5-7-18(16-20)23(27)21-22(17-9-11-19(31-3)12-10-17)26(13-6-15-30-2)25(29)24(21)28/h5,7-12,16,22,27H,4,6,13-15H2,1-3H3/b23-21+. The number of rotatable bonds is 10. The van der Waals surface area contributed by atoms with Gasteiger partial charge in [-0.2, -0.15) is 0 Å². The van der Waals surface area contributed by atoms with Crippen LogP contribution in [-0.4, -0.2) is 55.7 Å². The molecule has 1 heterocycles. The lowest BCUT2D eigenvalue weighted by molar-refractivity contribution is -0.140. The topological polar surface area (TPSA) is 85.3 Å². The molecule has 1 saturated heterocycles. The molecular formula is C25H29NO6. The van der Waals surface area contributed by atoms with Gasteiger partial charge in [0, 0.05) is 25.8 Å². The van der Waals surface area contributed by atoms with Crippen molar-refractivity contribution in [2.24, 2.45) is 0 Å². The number of likely N-dealkylation sites (tertiary alicyclic amines) is 1. The molecule has 1 N–H and O–H groups in total. The Morgan fingerprint density at radius 3 is 2.44 bits per heavy atom. The van der Waals surface area contributed by atoms with E-state index in [4.69, 9.17) is 14.2 Å². The van der Waals surface area contributed by atoms with Crippen LogP contribution in [0, 0.1) is 0 Å². The summed E-state index contributed by atoms with van der Waals surface area (Å²) in [6.45, 7) is 3.32. The van der Waals surface area contributed by atoms with Gasteiger partial charge in [-0.05, 0) is 42.7 Å². The Balaban J connectivity index is 2.07. The van der Waals surface area contributed by atoms with E-state index in [1.54, 1.807) is 62.8 Å². The lowest BCUT2D eigenvalue weighted by Crippen LogP contribution is -2.31. The van der Waals surface area contributed by atoms with E-state index in [1.165, 1.54) is 4.90 Å². The van der Waals surface area contributed by atoms with Crippen molar-refractivity contribution in [3.63, 3.8) is 0 Å². The first-order chi connectivity index (χ1) is 15.5. The van der Waals surface area contributed by atoms with Crippen molar-refractivity contribution < 1.29 is 28.9 Å². The van der Waals surface area contributed by atoms with Crippen LogP contribution < -0.4 is 9.47 Å². The van der Waals surface area contributed by atoms with Crippen LogP contribution in [0.15, 0.2) is 54.1 Å². The zero-order valence-electron chi connectivity index (χ0n) is 18.7. The number of aliphatic hydroxyl groups excluding tert-OH is 1. The number of hydrogen-bond donors (Lipinski definition) is 1. The van der Waals surface area contributed by atoms with Gasteiger partial charge in [0.1, 0.15) is 17.3 Å². The van der Waals surface area contributed by atoms with Gasteiger partial charge in [-0.15, -0.1) is 0 Å². The van der Waals surface area contributed by atoms with Gasteiger partial charge in [0.05, 0.1) is 25.3 Å². The van der Waals surface area contributed by atoms with Crippen LogP contribution in [0.25, 0.3) is 5.76 Å². The summed E-state index contributed by atoms with van der Waals surface area (Å²) in [5.41, 5.74) is 1.19. The first-order valence-electron chi connectivity index (χ1n) is 10.7. The highest BCUT2D eigenvalue weighted by atomic mass is 16.5. The molecular weight excluding hydrogens is 410 g/mol. The zero-order valence-corrected chi connectivity index (χ0v) is 18.7. The summed E-state index contributed by atoms with van der Waals surface area (Å²) in [5, 5.41) is 11.2. The summed E-state index contributed by atoms with van der Waals surface area (Å²) < 4.78 is 16.0. The van der Waals surface area contributed by atoms with Crippen molar-refractivity contribution >= 4 is 17.4 Å². The average Bonchev–Trinajstić information content (AvgIpc) is 3.07. The monoisotopic (exact) mass is 439 g/mol. The third-order valence-corrected chi connectivity index (χ3v) is 5.30. The number of Topliss-reactive ketones (excluding diaryl/α,β-unsaturated/α-hetero) is 1. The smallest absolute Gasteiger partial charge is 0.295 e. The van der Waals surface area contributed by atoms with Gasteiger partial charge in [-0.1, -0.05) is 31.2 Å². The van der Waals surface area contributed by atoms with Crippen molar-refractivity contribution in [1.29, 1.82) is 0 Å². The molecule has 32 heavy (non-hydrogen) atoms. The molecule has 0 radical (unpaired) electrons. The van der Waals surface area contributed by atoms with E-state index in [2.05, 4.69) is 0 Å². The number of ketones is 1. The summed E-state index contributed by atoms with van der Waals surface area (Å²) in [4.78, 5) is 27.4. The fourth-order valence-corrected chi connectivity index (χ4v) is 3.73. The van der Waals surface area contributed by atoms with Gasteiger partial charge in [0.25, 0.3) is 11.7 Å². The number of hydrogen-bond acceptors (Lipinski definition) is 6. The number of aliphatic hydroxyl groups is 1. The van der Waals surface area contributed by atoms with Crippen LogP contribution in [0.3, 0.4) is 0 Å². The number of carbonyl (C=O) groups excluding carboxylic acids is 2. The molecule has 0 spiro atoms. The normalized spacial score (nSPS) is 17.6. The molecule has 1 fully saturated rings. The van der Waals surface area contributed by atoms with Crippen LogP contribution in [0.2, 0.25) is 0 Å². The molecule has 1 atom stereocenters. The first-order valence-corrected chi connectivity index (χ1v) is 10.7. The summed E-state index contributed by atoms with van der Waals surface area (Å²) in [6, 6.07) is 13.3. The predicted octanol–water partition coefficient (Wildman–Crippen LogP) is 3.94. The Hall–Kier alpha value is -3.32. The minimum absolute atomic E-state index is 0.0604. The Bertz CT molecular complexity index is 982. The summed E-state index contributed by atoms with van der Waals surface area (Å²) in [6.07, 6.45) is 1.41. The molecule has 1 amide bonds. The maximum absolute atomic E-state index is 13.0. The van der Waals surface area contributed by atoms with Crippen LogP contribution in [0.5, 0.6) is 11.5 Å². The number of carbonyl (C=O) groups is 2. The van der Waals surface area contributed by atoms with Crippen LogP contribution in [0.4, 0.5) is 0 Å². The maximum atomic E-state index is 13.0. The Morgan fingerprint density at radius 1 is 1.03 bits per heavy atom. The summed E-state index contributed by atoms with van der Waals surface area (Å²) >= 11 is 0. The van der Waals surface area contributed by atoms with E-state index in [1.807, 2.05) is 6.92 Å². The maximum Gasteiger partial charge on any atom is 0.295 e. The molecule has 7 nitrogen and oxygen atoms in total. The third-order valence-electron chi connectivity index (χ3n) is 5.30. The summed E-state index contributed by atoms with van der Waals surface area (Å²) in [7, 11) is 3.15. The van der Waals surface area contributed by atoms with Crippen LogP contribution in [0.1, 0.15) is 36.9 Å². The number of ether oxygens (including phenoxy) is 3. The molecule has 2 aromatic rings. The number of benzene rings is 2. The molecule has 0 aliphatic carbocycles. The highest BCUT2D eigenvalue weighted by Gasteiger charge is 2.45. The summed E-state index contributed by atoms with van der Waals surface area (Å²) in [5.74, 6) is -0.320. The van der Waals surface area contributed by atoms with Gasteiger partial charge in [0.2, 0.25) is 0 Å². The van der Waals surface area contributed by atoms with Gasteiger partial charge < -0.3 is 24.2 Å². The lowest BCUT2D eigenvalue weighted by Gasteiger charge is -2.25. The molecule has 170 valence electrons. The molecule has 7 heteroatoms. The van der Waals surface area contributed by atoms with Gasteiger partial charge in [0.15, 0.2) is 0 Å². The Labute approximate surface area is 188 Å². The van der Waals surface area contributed by atoms with E-state index in [9.17, 15) is 14.7 Å². The molecule has 1 aliphatic rings. The molecule has 3 rings (SSSR count). The van der Waals surface area contributed by atoms with E-state index < -0.39 is 17.7 Å². The molecule has 1 unspecified atom stereocenters. The van der Waals surface area contributed by atoms with Gasteiger partial charge in [-0.3, -0.25) is 9.59 Å². The zero-order chi connectivity index (χ0) is 23.1. The van der Waals surface area contributed by atoms with Crippen molar-refractivity contribution in [2.75, 3.05) is 34.0 Å². The van der Waals surface area contributed by atoms with E-state index in [0.29, 0.717) is 48.8 Å². The second kappa shape index (κ2) is 10.8. The number of amides is 1. The second-order valence-electron chi connectivity index (χ2n) is 7.49. The molecule has 0 saturated carbocycles. The van der Waals surface area contributed by atoms with Gasteiger partial charge >= 0.3 is 0 Å². The largest absolute Gasteiger partial charge is 0.507 e. The van der Waals surface area contributed by atoms with Crippen molar-refractivity contribution in [3.8, 4) is 11.5 Å². The SMILES string of the molecule is CCCOc1cccc(/C(O)=C2\C(=O)C(=O)N(CCCOC)C2c2ccc(OC)cc2)c1. The van der Waals surface area contributed by atoms with E-state index in [0.717, 1.165) is 6.42 Å². The minimum Gasteiger partial charge on any atom is -0.507 e. The van der Waals surface area contributed by atoms with Crippen molar-refractivity contribution in [3.05, 3.63) is 65.2 Å². The second-order valence-corrected chi connectivity index (χ2v) is 7.49. The molecule has 2 aromatic carbocycles. The minimum atomic E-state index is -0.710. The third kappa shape index (κ3) is 4.94. The lowest BCUT2D eigenvalue weighted by atomic mass is 9.95. The number of methoxy groups -OCH3 is 2. The molecule has 1 aliphatic heterocycles. The first kappa shape index (κ1) is 23.3. The Morgan fingerprint density at radius 2 is 1.78 bits per heavy atom. The predicted molar refractivity (Wildman–Crippen MR) is 121 cm³/mol. The Kier molecular flexibility index (Phi) is 7.89. The highest BCUT2D eigenvalue weighted by Crippen LogP contribution is 2.40. The van der Waals surface area contributed by atoms with Crippen LogP contribution in [-0.2, 0) is 14.3 Å². The highest BCUT2D eigenvalue weighted by molar-refractivity contribution is 6.46. The quantitative estimate of drug-likeness (QED) is 0.261. The number of nitrogens with zero attached hydrogens (tertiary/aromatic N) is 1. The van der Waals surface area contributed by atoms with Gasteiger partial charge in [-0.25, -0.2) is 0 Å². The average molecular weight is 440 g/mol. The molecule has 0 aromatic heterocycles. The van der Waals surface area contributed by atoms with E-state index >= 15 is 0 Å². The fourth-order valence-electron chi connectivity index (χ4n) is 3.73.